The molecule has 0 aliphatic carbocycles. The molecule has 0 radical (unpaired) electrons. The van der Waals surface area contributed by atoms with Crippen molar-refractivity contribution in [2.45, 2.75) is 58.7 Å². The van der Waals surface area contributed by atoms with Crippen molar-refractivity contribution in [3.05, 3.63) is 21.7 Å². The van der Waals surface area contributed by atoms with Crippen LogP contribution < -0.4 is 10.6 Å². The first-order valence-electron chi connectivity index (χ1n) is 8.35. The normalized spacial score (nSPS) is 14.8. The molecule has 0 unspecified atom stereocenters. The summed E-state index contributed by atoms with van der Waals surface area (Å²) in [5.41, 5.74) is 0. The zero-order valence-corrected chi connectivity index (χ0v) is 15.2. The minimum absolute atomic E-state index is 0.410. The number of aromatic nitrogens is 5. The number of nitrogens with zero attached hydrogens (tertiary/aromatic N) is 6. The minimum atomic E-state index is 0.410. The summed E-state index contributed by atoms with van der Waals surface area (Å²) in [5, 5.41) is 25.6. The number of rotatable bonds is 5. The van der Waals surface area contributed by atoms with E-state index in [9.17, 15) is 0 Å². The predicted octanol–water partition coefficient (Wildman–Crippen LogP) is 1.45. The maximum atomic E-state index is 4.29. The van der Waals surface area contributed by atoms with Gasteiger partial charge in [-0.2, -0.15) is 0 Å². The van der Waals surface area contributed by atoms with Gasteiger partial charge in [0.15, 0.2) is 11.8 Å². The molecule has 1 aliphatic heterocycles. The van der Waals surface area contributed by atoms with Crippen molar-refractivity contribution < 1.29 is 0 Å². The summed E-state index contributed by atoms with van der Waals surface area (Å²) < 4.78 is 2.21. The first-order chi connectivity index (χ1) is 11.7. The van der Waals surface area contributed by atoms with Gasteiger partial charge < -0.3 is 15.2 Å². The summed E-state index contributed by atoms with van der Waals surface area (Å²) >= 11 is 1.63. The molecule has 0 saturated heterocycles. The third-order valence-electron chi connectivity index (χ3n) is 3.96. The van der Waals surface area contributed by atoms with Gasteiger partial charge in [-0.05, 0) is 12.8 Å². The number of guanidine groups is 1. The van der Waals surface area contributed by atoms with Crippen molar-refractivity contribution in [2.75, 3.05) is 7.05 Å². The number of hydrogen-bond donors (Lipinski definition) is 2. The number of fused-ring (bicyclic) bond motifs is 1. The molecule has 9 heteroatoms. The molecule has 0 aromatic carbocycles. The van der Waals surface area contributed by atoms with Crippen LogP contribution >= 0.6 is 11.3 Å². The quantitative estimate of drug-likeness (QED) is 0.628. The van der Waals surface area contributed by atoms with Gasteiger partial charge in [-0.25, -0.2) is 0 Å². The molecule has 2 aromatic rings. The van der Waals surface area contributed by atoms with Gasteiger partial charge in [0.2, 0.25) is 0 Å². The molecule has 0 atom stereocenters. The molecule has 1 aliphatic rings. The van der Waals surface area contributed by atoms with E-state index in [2.05, 4.69) is 54.4 Å². The molecule has 8 nitrogen and oxygen atoms in total. The van der Waals surface area contributed by atoms with Crippen molar-refractivity contribution >= 4 is 17.3 Å². The van der Waals surface area contributed by atoms with Crippen molar-refractivity contribution in [3.8, 4) is 0 Å². The van der Waals surface area contributed by atoms with Crippen LogP contribution in [0.15, 0.2) is 4.99 Å². The van der Waals surface area contributed by atoms with Gasteiger partial charge in [0, 0.05) is 25.9 Å². The molecular formula is C15H24N8S. The highest BCUT2D eigenvalue weighted by atomic mass is 32.1. The lowest BCUT2D eigenvalue weighted by Gasteiger charge is -2.15. The molecule has 24 heavy (non-hydrogen) atoms. The van der Waals surface area contributed by atoms with E-state index in [1.165, 1.54) is 12.8 Å². The monoisotopic (exact) mass is 348 g/mol. The van der Waals surface area contributed by atoms with E-state index >= 15 is 0 Å². The molecule has 0 fully saturated rings. The van der Waals surface area contributed by atoms with E-state index < -0.39 is 0 Å². The van der Waals surface area contributed by atoms with E-state index in [4.69, 9.17) is 0 Å². The van der Waals surface area contributed by atoms with Gasteiger partial charge in [0.25, 0.3) is 0 Å². The number of hydrogen-bond acceptors (Lipinski definition) is 6. The fraction of sp³-hybridized carbons (Fsp3) is 0.667. The Balaban J connectivity index is 1.52. The topological polar surface area (TPSA) is 92.9 Å². The first kappa shape index (κ1) is 16.8. The Morgan fingerprint density at radius 1 is 1.17 bits per heavy atom. The molecule has 0 saturated carbocycles. The maximum absolute atomic E-state index is 4.29. The number of nitrogens with one attached hydrogen (secondary N) is 2. The lowest BCUT2D eigenvalue weighted by molar-refractivity contribution is 0.504. The van der Waals surface area contributed by atoms with E-state index in [0.29, 0.717) is 19.0 Å². The standard InChI is InChI=1S/C15H24N8S/c1-10(2)14-22-21-13(24-14)9-18-15(16-3)17-8-12-20-19-11-6-4-5-7-23(11)12/h10H,4-9H2,1-3H3,(H2,16,17,18). The zero-order valence-electron chi connectivity index (χ0n) is 14.4. The Kier molecular flexibility index (Phi) is 5.39. The van der Waals surface area contributed by atoms with Gasteiger partial charge in [0.1, 0.15) is 15.8 Å². The summed E-state index contributed by atoms with van der Waals surface area (Å²) in [5.74, 6) is 3.19. The van der Waals surface area contributed by atoms with Gasteiger partial charge >= 0.3 is 0 Å². The molecule has 0 amide bonds. The van der Waals surface area contributed by atoms with Gasteiger partial charge in [-0.15, -0.1) is 20.4 Å². The Hall–Kier alpha value is -2.03. The lowest BCUT2D eigenvalue weighted by Crippen LogP contribution is -2.37. The molecule has 0 bridgehead atoms. The fourth-order valence-corrected chi connectivity index (χ4v) is 3.40. The third-order valence-corrected chi connectivity index (χ3v) is 5.18. The Bertz CT molecular complexity index is 702. The molecule has 2 aromatic heterocycles. The number of aliphatic imine (C=N–C) groups is 1. The number of aryl methyl sites for hydroxylation is 1. The summed E-state index contributed by atoms with van der Waals surface area (Å²) in [6.07, 6.45) is 3.42. The van der Waals surface area contributed by atoms with Crippen LogP contribution in [0, 0.1) is 0 Å². The van der Waals surface area contributed by atoms with E-state index in [0.717, 1.165) is 40.6 Å². The van der Waals surface area contributed by atoms with Crippen LogP contribution in [0.2, 0.25) is 0 Å². The second kappa shape index (κ2) is 7.69. The van der Waals surface area contributed by atoms with Gasteiger partial charge in [-0.3, -0.25) is 4.99 Å². The van der Waals surface area contributed by atoms with E-state index in [1.807, 2.05) is 0 Å². The van der Waals surface area contributed by atoms with E-state index in [-0.39, 0.29) is 0 Å². The lowest BCUT2D eigenvalue weighted by atomic mass is 10.2. The maximum Gasteiger partial charge on any atom is 0.191 e. The molecule has 2 N–H and O–H groups in total. The van der Waals surface area contributed by atoms with Gasteiger partial charge in [-0.1, -0.05) is 25.2 Å². The van der Waals surface area contributed by atoms with Crippen LogP contribution in [0.3, 0.4) is 0 Å². The van der Waals surface area contributed by atoms with Crippen molar-refractivity contribution in [3.63, 3.8) is 0 Å². The van der Waals surface area contributed by atoms with Gasteiger partial charge in [0.05, 0.1) is 13.1 Å². The van der Waals surface area contributed by atoms with Crippen LogP contribution in [0.25, 0.3) is 0 Å². The van der Waals surface area contributed by atoms with Crippen LogP contribution in [-0.2, 0) is 26.1 Å². The van der Waals surface area contributed by atoms with E-state index in [1.54, 1.807) is 18.4 Å². The Morgan fingerprint density at radius 3 is 2.75 bits per heavy atom. The highest BCUT2D eigenvalue weighted by molar-refractivity contribution is 7.11. The molecule has 0 spiro atoms. The van der Waals surface area contributed by atoms with Crippen molar-refractivity contribution in [1.82, 2.24) is 35.6 Å². The van der Waals surface area contributed by atoms with Crippen molar-refractivity contribution in [1.29, 1.82) is 0 Å². The SMILES string of the molecule is CN=C(NCc1nnc(C(C)C)s1)NCc1nnc2n1CCCC2. The summed E-state index contributed by atoms with van der Waals surface area (Å²) in [7, 11) is 1.76. The third kappa shape index (κ3) is 3.89. The average molecular weight is 348 g/mol. The molecule has 130 valence electrons. The zero-order chi connectivity index (χ0) is 16.9. The van der Waals surface area contributed by atoms with Crippen molar-refractivity contribution in [2.24, 2.45) is 4.99 Å². The van der Waals surface area contributed by atoms with Crippen LogP contribution in [0.5, 0.6) is 0 Å². The van der Waals surface area contributed by atoms with Crippen LogP contribution in [0.1, 0.15) is 54.3 Å². The smallest absolute Gasteiger partial charge is 0.191 e. The highest BCUT2D eigenvalue weighted by Gasteiger charge is 2.15. The Labute approximate surface area is 145 Å². The minimum Gasteiger partial charge on any atom is -0.350 e. The summed E-state index contributed by atoms with van der Waals surface area (Å²) in [4.78, 5) is 4.25. The molecule has 3 heterocycles. The highest BCUT2D eigenvalue weighted by Crippen LogP contribution is 2.18. The molecule has 3 rings (SSSR count). The Morgan fingerprint density at radius 2 is 2.00 bits per heavy atom. The largest absolute Gasteiger partial charge is 0.350 e. The second-order valence-electron chi connectivity index (χ2n) is 6.11. The van der Waals surface area contributed by atoms with Crippen LogP contribution in [-0.4, -0.2) is 38.0 Å². The summed E-state index contributed by atoms with van der Waals surface area (Å²) in [6, 6.07) is 0. The van der Waals surface area contributed by atoms with Crippen LogP contribution in [0.4, 0.5) is 0 Å². The average Bonchev–Trinajstić information content (AvgIpc) is 3.22. The predicted molar refractivity (Wildman–Crippen MR) is 94.0 cm³/mol. The first-order valence-corrected chi connectivity index (χ1v) is 9.16. The molecular weight excluding hydrogens is 324 g/mol. The fourth-order valence-electron chi connectivity index (χ4n) is 2.61. The second-order valence-corrected chi connectivity index (χ2v) is 7.20. The summed E-state index contributed by atoms with van der Waals surface area (Å²) in [6.45, 7) is 6.48.